The van der Waals surface area contributed by atoms with E-state index in [9.17, 15) is 4.39 Å². The van der Waals surface area contributed by atoms with Gasteiger partial charge >= 0.3 is 0 Å². The molecule has 0 aliphatic rings. The maximum atomic E-state index is 14.6. The van der Waals surface area contributed by atoms with Gasteiger partial charge in [0, 0.05) is 44.9 Å². The monoisotopic (exact) mass is 559 g/mol. The van der Waals surface area contributed by atoms with Gasteiger partial charge in [0.2, 0.25) is 0 Å². The van der Waals surface area contributed by atoms with Crippen LogP contribution < -0.4 is 10.6 Å². The summed E-state index contributed by atoms with van der Waals surface area (Å²) in [5.74, 6) is 1.10. The molecule has 4 aromatic rings. The van der Waals surface area contributed by atoms with E-state index in [4.69, 9.17) is 0 Å². The molecule has 0 spiro atoms. The third-order valence-corrected chi connectivity index (χ3v) is 5.24. The predicted molar refractivity (Wildman–Crippen MR) is 138 cm³/mol. The number of aliphatic imine (C=N–C) groups is 1. The first kappa shape index (κ1) is 24.4. The van der Waals surface area contributed by atoms with Crippen molar-refractivity contribution in [2.45, 2.75) is 26.6 Å². The van der Waals surface area contributed by atoms with Crippen LogP contribution in [0.3, 0.4) is 0 Å². The van der Waals surface area contributed by atoms with Crippen LogP contribution in [-0.4, -0.2) is 32.3 Å². The number of halogens is 2. The summed E-state index contributed by atoms with van der Waals surface area (Å²) in [4.78, 5) is 8.44. The summed E-state index contributed by atoms with van der Waals surface area (Å²) in [5.41, 5.74) is 3.66. The van der Waals surface area contributed by atoms with Crippen LogP contribution in [0.25, 0.3) is 5.69 Å². The molecule has 0 radical (unpaired) electrons. The molecule has 0 bridgehead atoms. The number of nitrogens with one attached hydrogen (secondary N) is 2. The van der Waals surface area contributed by atoms with E-state index in [0.29, 0.717) is 31.3 Å². The van der Waals surface area contributed by atoms with Crippen LogP contribution in [0, 0.1) is 12.7 Å². The number of benzene rings is 2. The summed E-state index contributed by atoms with van der Waals surface area (Å²) < 4.78 is 18.3. The van der Waals surface area contributed by atoms with E-state index in [1.54, 1.807) is 36.3 Å². The molecule has 2 aromatic heterocycles. The van der Waals surface area contributed by atoms with Crippen molar-refractivity contribution >= 4 is 29.9 Å². The van der Waals surface area contributed by atoms with Crippen molar-refractivity contribution in [2.24, 2.45) is 4.99 Å². The molecule has 0 fully saturated rings. The number of aromatic nitrogens is 4. The van der Waals surface area contributed by atoms with Crippen LogP contribution in [0.5, 0.6) is 0 Å². The van der Waals surface area contributed by atoms with Crippen molar-refractivity contribution in [1.82, 2.24) is 30.0 Å². The van der Waals surface area contributed by atoms with Crippen LogP contribution in [0.1, 0.15) is 22.5 Å². The van der Waals surface area contributed by atoms with Crippen molar-refractivity contribution in [3.63, 3.8) is 0 Å². The average Bonchev–Trinajstić information content (AvgIpc) is 3.47. The summed E-state index contributed by atoms with van der Waals surface area (Å²) in [6, 6.07) is 15.4. The third-order valence-electron chi connectivity index (χ3n) is 5.24. The van der Waals surface area contributed by atoms with Gasteiger partial charge in [0.25, 0.3) is 0 Å². The largest absolute Gasteiger partial charge is 0.352 e. The Balaban J connectivity index is 0.00000306. The Hall–Kier alpha value is -3.21. The van der Waals surface area contributed by atoms with Crippen molar-refractivity contribution < 1.29 is 4.39 Å². The van der Waals surface area contributed by atoms with Gasteiger partial charge in [-0.15, -0.1) is 24.0 Å². The van der Waals surface area contributed by atoms with Gasteiger partial charge in [-0.05, 0) is 41.8 Å². The fourth-order valence-corrected chi connectivity index (χ4v) is 3.53. The topological polar surface area (TPSA) is 72.1 Å². The molecule has 33 heavy (non-hydrogen) atoms. The lowest BCUT2D eigenvalue weighted by molar-refractivity contribution is 0.613. The van der Waals surface area contributed by atoms with Crippen molar-refractivity contribution in [3.05, 3.63) is 102 Å². The third kappa shape index (κ3) is 6.19. The molecule has 9 heteroatoms. The van der Waals surface area contributed by atoms with E-state index in [-0.39, 0.29) is 29.8 Å². The summed E-state index contributed by atoms with van der Waals surface area (Å²) >= 11 is 0. The first-order chi connectivity index (χ1) is 15.6. The maximum absolute atomic E-state index is 14.6. The highest BCUT2D eigenvalue weighted by atomic mass is 127. The van der Waals surface area contributed by atoms with E-state index in [2.05, 4.69) is 37.8 Å². The van der Waals surface area contributed by atoms with Gasteiger partial charge < -0.3 is 15.2 Å². The Kier molecular flexibility index (Phi) is 8.58. The lowest BCUT2D eigenvalue weighted by Crippen LogP contribution is -2.36. The Labute approximate surface area is 209 Å². The zero-order valence-electron chi connectivity index (χ0n) is 18.6. The first-order valence-corrected chi connectivity index (χ1v) is 10.4. The molecule has 0 aliphatic carbocycles. The second-order valence-corrected chi connectivity index (χ2v) is 7.38. The van der Waals surface area contributed by atoms with E-state index in [1.165, 1.54) is 11.6 Å². The number of aryl methyl sites for hydroxylation is 1. The SMILES string of the molecule is CN=C(NCc1ccc(-n2ccnc2C)c(F)c1)NCc1ccccc1Cn1cccn1.I. The smallest absolute Gasteiger partial charge is 0.191 e. The maximum Gasteiger partial charge on any atom is 0.191 e. The van der Waals surface area contributed by atoms with Gasteiger partial charge in [-0.3, -0.25) is 9.67 Å². The minimum Gasteiger partial charge on any atom is -0.352 e. The normalized spacial score (nSPS) is 11.2. The summed E-state index contributed by atoms with van der Waals surface area (Å²) in [6.07, 6.45) is 7.14. The van der Waals surface area contributed by atoms with Gasteiger partial charge in [-0.1, -0.05) is 30.3 Å². The number of hydrogen-bond acceptors (Lipinski definition) is 3. The summed E-state index contributed by atoms with van der Waals surface area (Å²) in [7, 11) is 1.72. The van der Waals surface area contributed by atoms with E-state index in [0.717, 1.165) is 17.0 Å². The number of hydrogen-bond donors (Lipinski definition) is 2. The fourth-order valence-electron chi connectivity index (χ4n) is 3.53. The molecule has 0 atom stereocenters. The molecule has 2 heterocycles. The molecule has 2 N–H and O–H groups in total. The summed E-state index contributed by atoms with van der Waals surface area (Å²) in [6.45, 7) is 3.62. The van der Waals surface area contributed by atoms with E-state index in [1.807, 2.05) is 42.1 Å². The molecule has 2 aromatic carbocycles. The molecule has 0 amide bonds. The second-order valence-electron chi connectivity index (χ2n) is 7.38. The Morgan fingerprint density at radius 1 is 1.00 bits per heavy atom. The highest BCUT2D eigenvalue weighted by molar-refractivity contribution is 14.0. The zero-order valence-corrected chi connectivity index (χ0v) is 20.9. The van der Waals surface area contributed by atoms with Crippen LogP contribution in [0.15, 0.2) is 78.3 Å². The Morgan fingerprint density at radius 2 is 1.79 bits per heavy atom. The molecule has 0 aliphatic heterocycles. The molecular formula is C24H27FIN7. The highest BCUT2D eigenvalue weighted by Crippen LogP contribution is 2.17. The first-order valence-electron chi connectivity index (χ1n) is 10.4. The fraction of sp³-hybridized carbons (Fsp3) is 0.208. The van der Waals surface area contributed by atoms with E-state index < -0.39 is 0 Å². The van der Waals surface area contributed by atoms with Gasteiger partial charge in [-0.25, -0.2) is 9.37 Å². The number of guanidine groups is 1. The van der Waals surface area contributed by atoms with Crippen LogP contribution in [-0.2, 0) is 19.6 Å². The standard InChI is InChI=1S/C24H26FN7.HI/c1-18-27-11-13-32(18)23-9-8-19(14-22(23)25)15-28-24(26-2)29-16-20-6-3-4-7-21(20)17-31-12-5-10-30-31;/h3-14H,15-17H2,1-2H3,(H2,26,28,29);1H. The van der Waals surface area contributed by atoms with Gasteiger partial charge in [0.1, 0.15) is 11.6 Å². The number of nitrogens with zero attached hydrogens (tertiary/aromatic N) is 5. The van der Waals surface area contributed by atoms with Gasteiger partial charge in [-0.2, -0.15) is 5.10 Å². The van der Waals surface area contributed by atoms with Crippen LogP contribution >= 0.6 is 24.0 Å². The second kappa shape index (κ2) is 11.6. The highest BCUT2D eigenvalue weighted by Gasteiger charge is 2.09. The van der Waals surface area contributed by atoms with Gasteiger partial charge in [0.05, 0.1) is 12.2 Å². The average molecular weight is 559 g/mol. The lowest BCUT2D eigenvalue weighted by Gasteiger charge is -2.15. The Morgan fingerprint density at radius 3 is 2.45 bits per heavy atom. The van der Waals surface area contributed by atoms with Gasteiger partial charge in [0.15, 0.2) is 5.96 Å². The predicted octanol–water partition coefficient (Wildman–Crippen LogP) is 4.05. The van der Waals surface area contributed by atoms with Crippen molar-refractivity contribution in [1.29, 1.82) is 0 Å². The number of imidazole rings is 1. The number of rotatable bonds is 7. The molecule has 0 unspecified atom stereocenters. The van der Waals surface area contributed by atoms with Crippen LogP contribution in [0.2, 0.25) is 0 Å². The summed E-state index contributed by atoms with van der Waals surface area (Å²) in [5, 5.41) is 10.9. The molecule has 172 valence electrons. The Bertz CT molecular complexity index is 1200. The van der Waals surface area contributed by atoms with Crippen LogP contribution in [0.4, 0.5) is 4.39 Å². The minimum atomic E-state index is -0.291. The molecule has 4 rings (SSSR count). The van der Waals surface area contributed by atoms with E-state index >= 15 is 0 Å². The molecule has 0 saturated heterocycles. The minimum absolute atomic E-state index is 0. The quantitative estimate of drug-likeness (QED) is 0.204. The van der Waals surface area contributed by atoms with Crippen molar-refractivity contribution in [3.8, 4) is 5.69 Å². The molecule has 0 saturated carbocycles. The molecule has 7 nitrogen and oxygen atoms in total. The van der Waals surface area contributed by atoms with Crippen molar-refractivity contribution in [2.75, 3.05) is 7.05 Å². The molecular weight excluding hydrogens is 532 g/mol. The lowest BCUT2D eigenvalue weighted by atomic mass is 10.1. The zero-order chi connectivity index (χ0) is 22.3.